The smallest absolute Gasteiger partial charge is 0.260 e. The van der Waals surface area contributed by atoms with Crippen molar-refractivity contribution < 1.29 is 19.1 Å². The van der Waals surface area contributed by atoms with E-state index in [1.54, 1.807) is 31.4 Å². The predicted octanol–water partition coefficient (Wildman–Crippen LogP) is 3.61. The van der Waals surface area contributed by atoms with Crippen molar-refractivity contribution in [1.29, 1.82) is 0 Å². The van der Waals surface area contributed by atoms with Crippen molar-refractivity contribution >= 4 is 17.5 Å². The molecule has 2 atom stereocenters. The summed E-state index contributed by atoms with van der Waals surface area (Å²) in [6.45, 7) is 3.87. The summed E-state index contributed by atoms with van der Waals surface area (Å²) in [5, 5.41) is 2.97. The van der Waals surface area contributed by atoms with Gasteiger partial charge in [-0.2, -0.15) is 0 Å². The molecule has 28 heavy (non-hydrogen) atoms. The van der Waals surface area contributed by atoms with Gasteiger partial charge in [-0.3, -0.25) is 9.59 Å². The van der Waals surface area contributed by atoms with Crippen LogP contribution in [0.3, 0.4) is 0 Å². The van der Waals surface area contributed by atoms with Crippen LogP contribution in [-0.2, 0) is 14.3 Å². The number of hydrogen-bond donors (Lipinski definition) is 1. The molecule has 1 aliphatic carbocycles. The second-order valence-corrected chi connectivity index (χ2v) is 8.11. The van der Waals surface area contributed by atoms with Gasteiger partial charge in [0.25, 0.3) is 11.8 Å². The molecule has 1 heterocycles. The van der Waals surface area contributed by atoms with Gasteiger partial charge in [-0.05, 0) is 68.7 Å². The molecular weight excluding hydrogens is 356 g/mol. The lowest BCUT2D eigenvalue weighted by molar-refractivity contribution is -0.143. The number of benzene rings is 1. The van der Waals surface area contributed by atoms with Crippen LogP contribution in [0.25, 0.3) is 0 Å². The van der Waals surface area contributed by atoms with E-state index in [0.29, 0.717) is 17.4 Å². The fourth-order valence-corrected chi connectivity index (χ4v) is 4.25. The first kappa shape index (κ1) is 20.6. The van der Waals surface area contributed by atoms with Gasteiger partial charge in [0.1, 0.15) is 11.4 Å². The van der Waals surface area contributed by atoms with Crippen LogP contribution >= 0.6 is 0 Å². The molecule has 1 saturated heterocycles. The second kappa shape index (κ2) is 9.41. The van der Waals surface area contributed by atoms with Gasteiger partial charge in [0.05, 0.1) is 0 Å². The van der Waals surface area contributed by atoms with Gasteiger partial charge in [-0.25, -0.2) is 0 Å². The van der Waals surface area contributed by atoms with Gasteiger partial charge in [0.15, 0.2) is 6.61 Å². The minimum absolute atomic E-state index is 0.0329. The van der Waals surface area contributed by atoms with Crippen LogP contribution in [0.2, 0.25) is 0 Å². The molecule has 2 fully saturated rings. The largest absolute Gasteiger partial charge is 0.484 e. The van der Waals surface area contributed by atoms with Gasteiger partial charge in [0, 0.05) is 25.9 Å². The minimum atomic E-state index is -0.742. The standard InChI is InChI=1S/C22H32N2O4/c1-17-7-6-12-22(15-17,27-2)21(26)23-18-8-10-19(11-9-18)28-16-20(25)24-13-4-3-5-14-24/h8-11,17H,3-7,12-16H2,1-2H3,(H,23,26)/t17-,22+/m1/s1. The first-order valence-electron chi connectivity index (χ1n) is 10.4. The third kappa shape index (κ3) is 5.04. The average Bonchev–Trinajstić information content (AvgIpc) is 2.73. The Bertz CT molecular complexity index is 670. The third-order valence-electron chi connectivity index (χ3n) is 5.94. The Morgan fingerprint density at radius 3 is 2.50 bits per heavy atom. The van der Waals surface area contributed by atoms with E-state index >= 15 is 0 Å². The second-order valence-electron chi connectivity index (χ2n) is 8.11. The maximum atomic E-state index is 12.8. The molecule has 0 aromatic heterocycles. The molecule has 1 N–H and O–H groups in total. The Balaban J connectivity index is 1.52. The summed E-state index contributed by atoms with van der Waals surface area (Å²) in [5.74, 6) is 1.05. The van der Waals surface area contributed by atoms with E-state index in [9.17, 15) is 9.59 Å². The molecule has 2 amide bonds. The zero-order valence-corrected chi connectivity index (χ0v) is 17.0. The van der Waals surface area contributed by atoms with Gasteiger partial charge >= 0.3 is 0 Å². The van der Waals surface area contributed by atoms with Crippen molar-refractivity contribution in [3.63, 3.8) is 0 Å². The lowest BCUT2D eigenvalue weighted by atomic mass is 9.78. The Kier molecular flexibility index (Phi) is 6.94. The highest BCUT2D eigenvalue weighted by atomic mass is 16.5. The number of likely N-dealkylation sites (tertiary alicyclic amines) is 1. The number of anilines is 1. The van der Waals surface area contributed by atoms with Crippen LogP contribution in [0.15, 0.2) is 24.3 Å². The van der Waals surface area contributed by atoms with Crippen molar-refractivity contribution in [1.82, 2.24) is 4.90 Å². The van der Waals surface area contributed by atoms with Crippen LogP contribution in [0.5, 0.6) is 5.75 Å². The number of nitrogens with zero attached hydrogens (tertiary/aromatic N) is 1. The van der Waals surface area contributed by atoms with E-state index in [0.717, 1.165) is 51.6 Å². The molecule has 6 nitrogen and oxygen atoms in total. The zero-order chi connectivity index (χ0) is 20.0. The van der Waals surface area contributed by atoms with E-state index in [1.165, 1.54) is 6.42 Å². The van der Waals surface area contributed by atoms with Gasteiger partial charge in [0.2, 0.25) is 0 Å². The van der Waals surface area contributed by atoms with Crippen LogP contribution in [0.4, 0.5) is 5.69 Å². The number of piperidine rings is 1. The van der Waals surface area contributed by atoms with E-state index in [1.807, 2.05) is 4.90 Å². The Labute approximate surface area is 167 Å². The average molecular weight is 389 g/mol. The van der Waals surface area contributed by atoms with Gasteiger partial charge < -0.3 is 19.7 Å². The quantitative estimate of drug-likeness (QED) is 0.808. The highest BCUT2D eigenvalue weighted by Crippen LogP contribution is 2.35. The predicted molar refractivity (Wildman–Crippen MR) is 108 cm³/mol. The van der Waals surface area contributed by atoms with Crippen LogP contribution in [0.1, 0.15) is 51.9 Å². The highest BCUT2D eigenvalue weighted by molar-refractivity contribution is 5.97. The fourth-order valence-electron chi connectivity index (χ4n) is 4.25. The molecule has 1 aliphatic heterocycles. The first-order chi connectivity index (χ1) is 13.5. The number of ether oxygens (including phenoxy) is 2. The molecule has 3 rings (SSSR count). The molecule has 1 aromatic rings. The summed E-state index contributed by atoms with van der Waals surface area (Å²) >= 11 is 0. The number of methoxy groups -OCH3 is 1. The number of rotatable bonds is 6. The molecule has 1 saturated carbocycles. The van der Waals surface area contributed by atoms with Crippen LogP contribution in [-0.4, -0.2) is 49.1 Å². The maximum Gasteiger partial charge on any atom is 0.260 e. The Morgan fingerprint density at radius 2 is 1.86 bits per heavy atom. The molecule has 0 spiro atoms. The highest BCUT2D eigenvalue weighted by Gasteiger charge is 2.41. The van der Waals surface area contributed by atoms with Crippen LogP contribution < -0.4 is 10.1 Å². The number of amides is 2. The Morgan fingerprint density at radius 1 is 1.14 bits per heavy atom. The zero-order valence-electron chi connectivity index (χ0n) is 17.0. The summed E-state index contributed by atoms with van der Waals surface area (Å²) < 4.78 is 11.3. The van der Waals surface area contributed by atoms with Crippen molar-refractivity contribution in [2.45, 2.75) is 57.5 Å². The number of carbonyl (C=O) groups excluding carboxylic acids is 2. The topological polar surface area (TPSA) is 67.9 Å². The molecule has 6 heteroatoms. The van der Waals surface area contributed by atoms with Crippen molar-refractivity contribution in [2.24, 2.45) is 5.92 Å². The van der Waals surface area contributed by atoms with Crippen molar-refractivity contribution in [2.75, 3.05) is 32.1 Å². The SMILES string of the molecule is CO[C@@]1(C(=O)Nc2ccc(OCC(=O)N3CCCCC3)cc2)CCC[C@@H](C)C1. The Hall–Kier alpha value is -2.08. The van der Waals surface area contributed by atoms with Crippen LogP contribution in [0, 0.1) is 5.92 Å². The molecule has 0 radical (unpaired) electrons. The summed E-state index contributed by atoms with van der Waals surface area (Å²) in [6.07, 6.45) is 6.97. The van der Waals surface area contributed by atoms with Crippen molar-refractivity contribution in [3.05, 3.63) is 24.3 Å². The molecule has 154 valence electrons. The monoisotopic (exact) mass is 388 g/mol. The first-order valence-corrected chi connectivity index (χ1v) is 10.4. The molecular formula is C22H32N2O4. The van der Waals surface area contributed by atoms with E-state index in [2.05, 4.69) is 12.2 Å². The summed E-state index contributed by atoms with van der Waals surface area (Å²) in [7, 11) is 1.62. The molecule has 0 bridgehead atoms. The number of carbonyl (C=O) groups is 2. The lowest BCUT2D eigenvalue weighted by Gasteiger charge is -2.37. The van der Waals surface area contributed by atoms with E-state index < -0.39 is 5.60 Å². The molecule has 0 unspecified atom stereocenters. The number of nitrogens with one attached hydrogen (secondary N) is 1. The maximum absolute atomic E-state index is 12.8. The number of hydrogen-bond acceptors (Lipinski definition) is 4. The van der Waals surface area contributed by atoms with E-state index in [-0.39, 0.29) is 18.4 Å². The van der Waals surface area contributed by atoms with Gasteiger partial charge in [-0.1, -0.05) is 13.3 Å². The van der Waals surface area contributed by atoms with E-state index in [4.69, 9.17) is 9.47 Å². The molecule has 1 aromatic carbocycles. The van der Waals surface area contributed by atoms with Gasteiger partial charge in [-0.15, -0.1) is 0 Å². The fraction of sp³-hybridized carbons (Fsp3) is 0.636. The van der Waals surface area contributed by atoms with Crippen molar-refractivity contribution in [3.8, 4) is 5.75 Å². The third-order valence-corrected chi connectivity index (χ3v) is 5.94. The minimum Gasteiger partial charge on any atom is -0.484 e. The summed E-state index contributed by atoms with van der Waals surface area (Å²) in [4.78, 5) is 26.9. The normalized spacial score (nSPS) is 25.2. The lowest BCUT2D eigenvalue weighted by Crippen LogP contribution is -2.47. The summed E-state index contributed by atoms with van der Waals surface area (Å²) in [5.41, 5.74) is -0.0393. The molecule has 2 aliphatic rings. The summed E-state index contributed by atoms with van der Waals surface area (Å²) in [6, 6.07) is 7.16.